The molecule has 1 aromatic carbocycles. The van der Waals surface area contributed by atoms with Crippen molar-refractivity contribution in [2.45, 2.75) is 81.8 Å². The van der Waals surface area contributed by atoms with Crippen molar-refractivity contribution in [2.75, 3.05) is 0 Å². The molecule has 2 rings (SSSR count). The molecule has 0 aliphatic carbocycles. The second-order valence-corrected chi connectivity index (χ2v) is 15.7. The molecule has 1 unspecified atom stereocenters. The summed E-state index contributed by atoms with van der Waals surface area (Å²) in [6.45, 7) is 0. The van der Waals surface area contributed by atoms with Crippen molar-refractivity contribution in [3.05, 3.63) is 29.8 Å². The molecule has 0 saturated carbocycles. The second-order valence-electron chi connectivity index (χ2n) is 8.70. The van der Waals surface area contributed by atoms with Gasteiger partial charge >= 0.3 is 218 Å². The van der Waals surface area contributed by atoms with E-state index in [1.807, 2.05) is 0 Å². The van der Waals surface area contributed by atoms with Gasteiger partial charge in [0, 0.05) is 0 Å². The van der Waals surface area contributed by atoms with Crippen LogP contribution < -0.4 is 3.61 Å². The molecule has 20 heteroatoms. The van der Waals surface area contributed by atoms with Crippen LogP contribution in [0, 0.1) is 0 Å². The number of aryl methyl sites for hydroxylation is 1. The molecule has 0 spiro atoms. The van der Waals surface area contributed by atoms with Crippen molar-refractivity contribution in [3.8, 4) is 0 Å². The fourth-order valence-electron chi connectivity index (χ4n) is 3.83. The van der Waals surface area contributed by atoms with Crippen LogP contribution in [-0.2, 0) is 6.42 Å². The average molecular weight is 744 g/mol. The predicted octanol–water partition coefficient (Wildman–Crippen LogP) is 8.10. The van der Waals surface area contributed by atoms with E-state index in [9.17, 15) is 83.4 Å². The normalized spacial score (nSPS) is 19.9. The van der Waals surface area contributed by atoms with E-state index in [1.54, 1.807) is 0 Å². The van der Waals surface area contributed by atoms with Crippen molar-refractivity contribution in [1.82, 2.24) is 0 Å². The molecule has 40 heavy (non-hydrogen) atoms. The van der Waals surface area contributed by atoms with Gasteiger partial charge in [0.2, 0.25) is 0 Å². The number of hydrogen-bond donors (Lipinski definition) is 0. The number of rotatable bonds is 9. The third-order valence-corrected chi connectivity index (χ3v) is 14.0. The molecule has 1 aliphatic heterocycles. The second kappa shape index (κ2) is 10.1. The van der Waals surface area contributed by atoms with Crippen LogP contribution in [0.25, 0.3) is 0 Å². The Balaban J connectivity index is 2.51. The van der Waals surface area contributed by atoms with Crippen molar-refractivity contribution < 1.29 is 83.4 Å². The van der Waals surface area contributed by atoms with Gasteiger partial charge in [-0.3, -0.25) is 0 Å². The van der Waals surface area contributed by atoms with E-state index in [-0.39, 0.29) is 4.47 Å². The molecule has 0 amide bonds. The topological polar surface area (TPSA) is 0 Å². The number of alkyl halides is 19. The molecular weight excluding hydrogens is 729 g/mol. The molecule has 0 bridgehead atoms. The van der Waals surface area contributed by atoms with Crippen LogP contribution in [0.3, 0.4) is 0 Å². The van der Waals surface area contributed by atoms with Gasteiger partial charge in [0.05, 0.1) is 0 Å². The first kappa shape index (κ1) is 34.9. The summed E-state index contributed by atoms with van der Waals surface area (Å²) < 4.78 is 256. The first-order chi connectivity index (χ1) is 17.6. The van der Waals surface area contributed by atoms with Crippen molar-refractivity contribution in [2.24, 2.45) is 0 Å². The van der Waals surface area contributed by atoms with E-state index in [0.29, 0.717) is 22.0 Å². The first-order valence-corrected chi connectivity index (χ1v) is 15.4. The van der Waals surface area contributed by atoms with Crippen molar-refractivity contribution in [3.63, 3.8) is 0 Å². The van der Waals surface area contributed by atoms with Crippen LogP contribution in [0.5, 0.6) is 0 Å². The zero-order valence-corrected chi connectivity index (χ0v) is 21.5. The Hall–Kier alpha value is -1.32. The molecule has 0 aromatic heterocycles. The van der Waals surface area contributed by atoms with Gasteiger partial charge in [-0.2, -0.15) is 0 Å². The number of fused-ring (bicyclic) bond motifs is 1. The molecular formula is C20H15F19Te. The monoisotopic (exact) mass is 746 g/mol. The number of hydrogen-bond acceptors (Lipinski definition) is 0. The van der Waals surface area contributed by atoms with Gasteiger partial charge < -0.3 is 0 Å². The van der Waals surface area contributed by atoms with Gasteiger partial charge in [-0.15, -0.1) is 0 Å². The summed E-state index contributed by atoms with van der Waals surface area (Å²) in [7, 11) is 0. The summed E-state index contributed by atoms with van der Waals surface area (Å²) in [6.07, 6.45) is -18.2. The number of benzene rings is 1. The minimum atomic E-state index is -8.98. The van der Waals surface area contributed by atoms with Crippen LogP contribution >= 0.6 is 0 Å². The standard InChI is InChI=1S/C20H15F19Te/c21-12(22,7-9-40-8-3-5-10-4-1-2-6-11(10)40)14(24,25)16(28,29)18(32,33)17(30,31)15(26,27)13(23,19(34,35)36)20(37,38)39/h1-2,4,6,40H,3,5,7-9H2. The maximum atomic E-state index is 14.3. The van der Waals surface area contributed by atoms with Gasteiger partial charge in [-0.25, -0.2) is 0 Å². The van der Waals surface area contributed by atoms with E-state index in [2.05, 4.69) is 0 Å². The Morgan fingerprint density at radius 1 is 0.550 bits per heavy atom. The molecule has 0 radical (unpaired) electrons. The van der Waals surface area contributed by atoms with E-state index in [0.717, 1.165) is 0 Å². The maximum absolute atomic E-state index is 14.3. The number of halogens is 19. The Morgan fingerprint density at radius 3 is 1.45 bits per heavy atom. The van der Waals surface area contributed by atoms with Crippen molar-refractivity contribution in [1.29, 1.82) is 0 Å². The Labute approximate surface area is 218 Å². The molecule has 0 saturated heterocycles. The van der Waals surface area contributed by atoms with Gasteiger partial charge in [0.25, 0.3) is 0 Å². The SMILES string of the molecule is FC(F)(F)C(F)(C(F)(F)F)C(F)(F)C(F)(F)C(F)(F)C(F)(F)C(F)(F)C(F)(F)CC[TeH]1CCCc2ccccc21. The van der Waals surface area contributed by atoms with Crippen LogP contribution in [0.4, 0.5) is 83.4 Å². The molecule has 1 atom stereocenters. The summed E-state index contributed by atoms with van der Waals surface area (Å²) in [6, 6.07) is 5.82. The average Bonchev–Trinajstić information content (AvgIpc) is 2.79. The van der Waals surface area contributed by atoms with E-state index >= 15 is 0 Å². The zero-order valence-electron chi connectivity index (χ0n) is 19.0. The molecule has 1 heterocycles. The van der Waals surface area contributed by atoms with E-state index in [4.69, 9.17) is 0 Å². The summed E-state index contributed by atoms with van der Waals surface area (Å²) in [5.74, 6) is -49.4. The zero-order chi connectivity index (χ0) is 31.6. The Morgan fingerprint density at radius 2 is 0.975 bits per heavy atom. The quantitative estimate of drug-likeness (QED) is 0.177. The molecule has 0 N–H and O–H groups in total. The van der Waals surface area contributed by atoms with Crippen LogP contribution in [0.15, 0.2) is 24.3 Å². The van der Waals surface area contributed by atoms with Crippen LogP contribution in [-0.4, -0.2) is 73.1 Å². The van der Waals surface area contributed by atoms with Crippen LogP contribution in [0.2, 0.25) is 8.94 Å². The summed E-state index contributed by atoms with van der Waals surface area (Å²) in [4.78, 5) is 0. The van der Waals surface area contributed by atoms with Gasteiger partial charge in [-0.05, 0) is 0 Å². The fourth-order valence-corrected chi connectivity index (χ4v) is 11.5. The minimum absolute atomic E-state index is 0.145. The van der Waals surface area contributed by atoms with E-state index in [1.165, 1.54) is 24.3 Å². The van der Waals surface area contributed by atoms with Gasteiger partial charge in [0.1, 0.15) is 0 Å². The van der Waals surface area contributed by atoms with Crippen molar-refractivity contribution >= 4 is 23.2 Å². The molecule has 1 aromatic rings. The van der Waals surface area contributed by atoms with Gasteiger partial charge in [0.15, 0.2) is 0 Å². The van der Waals surface area contributed by atoms with Gasteiger partial charge in [-0.1, -0.05) is 0 Å². The summed E-state index contributed by atoms with van der Waals surface area (Å²) >= 11 is -3.25. The third-order valence-electron chi connectivity index (χ3n) is 6.15. The summed E-state index contributed by atoms with van der Waals surface area (Å²) in [5.41, 5.74) is -8.13. The molecule has 0 fully saturated rings. The third kappa shape index (κ3) is 4.89. The molecule has 1 aliphatic rings. The Kier molecular flexibility index (Phi) is 8.85. The Bertz CT molecular complexity index is 1040. The molecule has 0 nitrogen and oxygen atoms in total. The molecule has 234 valence electrons. The first-order valence-electron chi connectivity index (χ1n) is 10.5. The predicted molar refractivity (Wildman–Crippen MR) is 101 cm³/mol. The summed E-state index contributed by atoms with van der Waals surface area (Å²) in [5, 5.41) is 0. The fraction of sp³-hybridized carbons (Fsp3) is 0.700. The van der Waals surface area contributed by atoms with E-state index < -0.39 is 84.0 Å². The van der Waals surface area contributed by atoms with Crippen LogP contribution in [0.1, 0.15) is 18.4 Å².